The SMILES string of the molecule is Cc1cc(CCCCCCC2(C(=O)O)CC2)cc(CCCCC2(OC=O)CC2)c1C. The van der Waals surface area contributed by atoms with E-state index >= 15 is 0 Å². The molecule has 0 heterocycles. The molecule has 1 aromatic carbocycles. The van der Waals surface area contributed by atoms with Gasteiger partial charge in [-0.3, -0.25) is 9.59 Å². The third-order valence-electron chi connectivity index (χ3n) is 7.45. The molecule has 1 N–H and O–H groups in total. The van der Waals surface area contributed by atoms with Crippen molar-refractivity contribution in [2.75, 3.05) is 0 Å². The molecule has 30 heavy (non-hydrogen) atoms. The molecule has 0 radical (unpaired) electrons. The highest BCUT2D eigenvalue weighted by Crippen LogP contribution is 2.50. The second-order valence-electron chi connectivity index (χ2n) is 9.80. The Kier molecular flexibility index (Phi) is 7.60. The lowest BCUT2D eigenvalue weighted by atomic mass is 9.93. The highest BCUT2D eigenvalue weighted by Gasteiger charge is 2.49. The number of aryl methyl sites for hydroxylation is 3. The van der Waals surface area contributed by atoms with Crippen LogP contribution in [-0.4, -0.2) is 23.1 Å². The molecule has 3 rings (SSSR count). The third kappa shape index (κ3) is 6.09. The smallest absolute Gasteiger partial charge is 0.309 e. The van der Waals surface area contributed by atoms with Crippen molar-refractivity contribution < 1.29 is 19.4 Å². The van der Waals surface area contributed by atoms with Crippen LogP contribution in [0.25, 0.3) is 0 Å². The van der Waals surface area contributed by atoms with Gasteiger partial charge in [0.25, 0.3) is 6.47 Å². The van der Waals surface area contributed by atoms with E-state index in [2.05, 4.69) is 26.0 Å². The Bertz CT molecular complexity index is 744. The molecule has 4 heteroatoms. The lowest BCUT2D eigenvalue weighted by Gasteiger charge is -2.15. The zero-order valence-corrected chi connectivity index (χ0v) is 18.8. The predicted octanol–water partition coefficient (Wildman–Crippen LogP) is 6.08. The number of carbonyl (C=O) groups is 2. The van der Waals surface area contributed by atoms with E-state index in [1.54, 1.807) is 0 Å². The molecule has 2 aliphatic rings. The molecule has 0 aliphatic heterocycles. The average Bonchev–Trinajstić information content (AvgIpc) is 3.62. The molecule has 0 spiro atoms. The number of rotatable bonds is 15. The zero-order valence-electron chi connectivity index (χ0n) is 18.8. The molecule has 0 saturated heterocycles. The standard InChI is InChI=1S/C26H38O4/c1-20-17-22(9-5-3-4-7-11-25(13-14-25)24(28)29)18-23(21(20)2)10-6-8-12-26(15-16-26)30-19-27/h17-19H,3-16H2,1-2H3,(H,28,29). The third-order valence-corrected chi connectivity index (χ3v) is 7.45. The molecule has 0 atom stereocenters. The van der Waals surface area contributed by atoms with Gasteiger partial charge in [-0.2, -0.15) is 0 Å². The fourth-order valence-corrected chi connectivity index (χ4v) is 4.72. The Balaban J connectivity index is 1.37. The van der Waals surface area contributed by atoms with Crippen LogP contribution in [0.4, 0.5) is 0 Å². The first kappa shape index (κ1) is 22.8. The maximum Gasteiger partial charge on any atom is 0.309 e. The van der Waals surface area contributed by atoms with Gasteiger partial charge in [0.2, 0.25) is 0 Å². The molecular formula is C26H38O4. The molecule has 4 nitrogen and oxygen atoms in total. The first-order valence-corrected chi connectivity index (χ1v) is 11.8. The van der Waals surface area contributed by atoms with E-state index in [4.69, 9.17) is 4.74 Å². The Morgan fingerprint density at radius 2 is 1.63 bits per heavy atom. The van der Waals surface area contributed by atoms with Crippen LogP contribution in [0.3, 0.4) is 0 Å². The minimum atomic E-state index is -0.589. The van der Waals surface area contributed by atoms with Gasteiger partial charge in [0.05, 0.1) is 5.41 Å². The highest BCUT2D eigenvalue weighted by molar-refractivity contribution is 5.77. The minimum absolute atomic E-state index is 0.127. The molecule has 1 aromatic rings. The van der Waals surface area contributed by atoms with E-state index in [0.717, 1.165) is 77.0 Å². The largest absolute Gasteiger partial charge is 0.481 e. The lowest BCUT2D eigenvalue weighted by Crippen LogP contribution is -2.14. The summed E-state index contributed by atoms with van der Waals surface area (Å²) < 4.78 is 5.25. The van der Waals surface area contributed by atoms with E-state index in [1.165, 1.54) is 35.1 Å². The summed E-state index contributed by atoms with van der Waals surface area (Å²) in [4.78, 5) is 21.8. The lowest BCUT2D eigenvalue weighted by molar-refractivity contribution is -0.143. The van der Waals surface area contributed by atoms with Crippen LogP contribution in [0.5, 0.6) is 0 Å². The van der Waals surface area contributed by atoms with Gasteiger partial charge in [0.1, 0.15) is 5.60 Å². The van der Waals surface area contributed by atoms with E-state index in [1.807, 2.05) is 0 Å². The topological polar surface area (TPSA) is 63.6 Å². The Morgan fingerprint density at radius 1 is 0.967 bits per heavy atom. The zero-order chi connectivity index (χ0) is 21.6. The normalized spacial score (nSPS) is 18.1. The molecule has 2 saturated carbocycles. The van der Waals surface area contributed by atoms with Crippen LogP contribution < -0.4 is 0 Å². The monoisotopic (exact) mass is 414 g/mol. The van der Waals surface area contributed by atoms with Crippen LogP contribution in [-0.2, 0) is 27.2 Å². The number of hydrogen-bond donors (Lipinski definition) is 1. The average molecular weight is 415 g/mol. The van der Waals surface area contributed by atoms with Gasteiger partial charge in [-0.1, -0.05) is 31.4 Å². The van der Waals surface area contributed by atoms with Gasteiger partial charge in [-0.05, 0) is 107 Å². The van der Waals surface area contributed by atoms with E-state index in [0.29, 0.717) is 6.47 Å². The van der Waals surface area contributed by atoms with Crippen molar-refractivity contribution in [1.29, 1.82) is 0 Å². The van der Waals surface area contributed by atoms with Crippen molar-refractivity contribution in [3.05, 3.63) is 34.4 Å². The summed E-state index contributed by atoms with van der Waals surface area (Å²) in [6.07, 6.45) is 14.6. The Hall–Kier alpha value is -1.84. The first-order chi connectivity index (χ1) is 14.4. The summed E-state index contributed by atoms with van der Waals surface area (Å²) in [6, 6.07) is 4.72. The van der Waals surface area contributed by atoms with E-state index in [9.17, 15) is 14.7 Å². The summed E-state index contributed by atoms with van der Waals surface area (Å²) in [5.74, 6) is -0.589. The Morgan fingerprint density at radius 3 is 2.27 bits per heavy atom. The highest BCUT2D eigenvalue weighted by atomic mass is 16.5. The molecule has 2 aliphatic carbocycles. The van der Waals surface area contributed by atoms with E-state index in [-0.39, 0.29) is 11.0 Å². The molecule has 0 bridgehead atoms. The number of aliphatic carboxylic acids is 1. The number of carboxylic acid groups (broad SMARTS) is 1. The second kappa shape index (κ2) is 9.98. The summed E-state index contributed by atoms with van der Waals surface area (Å²) in [6.45, 7) is 5.04. The van der Waals surface area contributed by atoms with Crippen LogP contribution in [0.2, 0.25) is 0 Å². The van der Waals surface area contributed by atoms with Gasteiger partial charge in [-0.25, -0.2) is 0 Å². The summed E-state index contributed by atoms with van der Waals surface area (Å²) in [5, 5.41) is 9.25. The second-order valence-corrected chi connectivity index (χ2v) is 9.80. The van der Waals surface area contributed by atoms with Gasteiger partial charge in [-0.15, -0.1) is 0 Å². The molecule has 0 unspecified atom stereocenters. The molecule has 0 aromatic heterocycles. The van der Waals surface area contributed by atoms with Gasteiger partial charge >= 0.3 is 5.97 Å². The number of carboxylic acids is 1. The van der Waals surface area contributed by atoms with Crippen LogP contribution in [0.1, 0.15) is 99.3 Å². The van der Waals surface area contributed by atoms with Crippen molar-refractivity contribution >= 4 is 12.4 Å². The fraction of sp³-hybridized carbons (Fsp3) is 0.692. The van der Waals surface area contributed by atoms with Crippen molar-refractivity contribution in [3.8, 4) is 0 Å². The first-order valence-electron chi connectivity index (χ1n) is 11.8. The number of hydrogen-bond acceptors (Lipinski definition) is 3. The predicted molar refractivity (Wildman–Crippen MR) is 119 cm³/mol. The van der Waals surface area contributed by atoms with Crippen LogP contribution >= 0.6 is 0 Å². The van der Waals surface area contributed by atoms with Gasteiger partial charge in [0, 0.05) is 0 Å². The molecular weight excluding hydrogens is 376 g/mol. The summed E-state index contributed by atoms with van der Waals surface area (Å²) in [5.41, 5.74) is 5.19. The quantitative estimate of drug-likeness (QED) is 0.279. The number of unbranched alkanes of at least 4 members (excludes halogenated alkanes) is 4. The van der Waals surface area contributed by atoms with Crippen LogP contribution in [0, 0.1) is 19.3 Å². The van der Waals surface area contributed by atoms with Crippen molar-refractivity contribution in [1.82, 2.24) is 0 Å². The molecule has 2 fully saturated rings. The molecule has 166 valence electrons. The van der Waals surface area contributed by atoms with Crippen molar-refractivity contribution in [2.24, 2.45) is 5.41 Å². The van der Waals surface area contributed by atoms with E-state index < -0.39 is 5.97 Å². The maximum atomic E-state index is 11.2. The number of benzene rings is 1. The Labute approximate surface area is 181 Å². The van der Waals surface area contributed by atoms with Crippen molar-refractivity contribution in [2.45, 2.75) is 109 Å². The summed E-state index contributed by atoms with van der Waals surface area (Å²) in [7, 11) is 0. The van der Waals surface area contributed by atoms with Crippen LogP contribution in [0.15, 0.2) is 12.1 Å². The fourth-order valence-electron chi connectivity index (χ4n) is 4.72. The summed E-state index contributed by atoms with van der Waals surface area (Å²) >= 11 is 0. The van der Waals surface area contributed by atoms with Crippen molar-refractivity contribution in [3.63, 3.8) is 0 Å². The minimum Gasteiger partial charge on any atom is -0.481 e. The van der Waals surface area contributed by atoms with Gasteiger partial charge in [0.15, 0.2) is 0 Å². The molecule has 0 amide bonds. The maximum absolute atomic E-state index is 11.2. The number of carbonyl (C=O) groups excluding carboxylic acids is 1. The number of ether oxygens (including phenoxy) is 1. The van der Waals surface area contributed by atoms with Gasteiger partial charge < -0.3 is 9.84 Å².